The summed E-state index contributed by atoms with van der Waals surface area (Å²) < 4.78 is 0. The van der Waals surface area contributed by atoms with Crippen LogP contribution in [0.5, 0.6) is 0 Å². The van der Waals surface area contributed by atoms with Crippen LogP contribution in [-0.4, -0.2) is 34.8 Å². The van der Waals surface area contributed by atoms with Crippen LogP contribution in [0.15, 0.2) is 54.6 Å². The molecule has 1 fully saturated rings. The Bertz CT molecular complexity index is 754. The van der Waals surface area contributed by atoms with Gasteiger partial charge in [-0.05, 0) is 30.9 Å². The van der Waals surface area contributed by atoms with Crippen LogP contribution in [0.3, 0.4) is 0 Å². The van der Waals surface area contributed by atoms with E-state index in [1.54, 1.807) is 0 Å². The molecule has 0 radical (unpaired) electrons. The molecule has 2 aromatic carbocycles. The van der Waals surface area contributed by atoms with Crippen molar-refractivity contribution in [2.45, 2.75) is 26.3 Å². The molecule has 2 aromatic rings. The lowest BCUT2D eigenvalue weighted by Crippen LogP contribution is -2.52. The second kappa shape index (κ2) is 7.19. The van der Waals surface area contributed by atoms with E-state index in [0.717, 1.165) is 16.7 Å². The summed E-state index contributed by atoms with van der Waals surface area (Å²) in [6.45, 7) is 3.46. The van der Waals surface area contributed by atoms with Gasteiger partial charge in [0.2, 0.25) is 0 Å². The van der Waals surface area contributed by atoms with E-state index < -0.39 is 11.4 Å². The number of likely N-dealkylation sites (tertiary alicyclic amines) is 1. The zero-order chi connectivity index (χ0) is 17.9. The largest absolute Gasteiger partial charge is 0.480 e. The standard InChI is InChI=1S/C21H23NO3/c1-16-7-9-17(10-8-16)13-21(20(24)25)11-12-22(15-19(21)23)14-18-5-3-2-4-6-18/h2-10H,11-15H2,1H3,(H,24,25). The van der Waals surface area contributed by atoms with E-state index in [1.807, 2.05) is 66.4 Å². The van der Waals surface area contributed by atoms with E-state index in [0.29, 0.717) is 19.5 Å². The third kappa shape index (κ3) is 3.80. The van der Waals surface area contributed by atoms with Crippen molar-refractivity contribution < 1.29 is 14.7 Å². The number of carboxylic acid groups (broad SMARTS) is 1. The Morgan fingerprint density at radius 3 is 2.36 bits per heavy atom. The lowest BCUT2D eigenvalue weighted by atomic mass is 9.72. The first-order chi connectivity index (χ1) is 12.0. The van der Waals surface area contributed by atoms with Crippen LogP contribution in [0, 0.1) is 12.3 Å². The van der Waals surface area contributed by atoms with Gasteiger partial charge in [0.1, 0.15) is 5.41 Å². The molecule has 4 heteroatoms. The highest BCUT2D eigenvalue weighted by Gasteiger charge is 2.48. The van der Waals surface area contributed by atoms with Crippen LogP contribution in [0.2, 0.25) is 0 Å². The molecule has 25 heavy (non-hydrogen) atoms. The number of carbonyl (C=O) groups excluding carboxylic acids is 1. The molecule has 1 heterocycles. The molecule has 0 spiro atoms. The number of ketones is 1. The van der Waals surface area contributed by atoms with Crippen LogP contribution in [0.1, 0.15) is 23.1 Å². The molecule has 0 aliphatic carbocycles. The van der Waals surface area contributed by atoms with Gasteiger partial charge in [-0.15, -0.1) is 0 Å². The molecule has 130 valence electrons. The zero-order valence-electron chi connectivity index (χ0n) is 14.4. The Labute approximate surface area is 148 Å². The Morgan fingerprint density at radius 1 is 1.08 bits per heavy atom. The predicted octanol–water partition coefficient (Wildman–Crippen LogP) is 3.08. The first kappa shape index (κ1) is 17.4. The first-order valence-corrected chi connectivity index (χ1v) is 8.58. The van der Waals surface area contributed by atoms with Gasteiger partial charge in [0.25, 0.3) is 0 Å². The maximum Gasteiger partial charge on any atom is 0.317 e. The van der Waals surface area contributed by atoms with E-state index in [4.69, 9.17) is 0 Å². The van der Waals surface area contributed by atoms with E-state index in [-0.39, 0.29) is 18.7 Å². The first-order valence-electron chi connectivity index (χ1n) is 8.58. The maximum atomic E-state index is 12.8. The third-order valence-electron chi connectivity index (χ3n) is 5.04. The monoisotopic (exact) mass is 337 g/mol. The van der Waals surface area contributed by atoms with Crippen molar-refractivity contribution in [2.75, 3.05) is 13.1 Å². The average Bonchev–Trinajstić information content (AvgIpc) is 2.60. The van der Waals surface area contributed by atoms with Crippen molar-refractivity contribution in [3.05, 3.63) is 71.3 Å². The van der Waals surface area contributed by atoms with E-state index in [1.165, 1.54) is 0 Å². The quantitative estimate of drug-likeness (QED) is 0.852. The highest BCUT2D eigenvalue weighted by molar-refractivity contribution is 6.04. The Hall–Kier alpha value is -2.46. The minimum absolute atomic E-state index is 0.188. The molecule has 1 aliphatic rings. The summed E-state index contributed by atoms with van der Waals surface area (Å²) in [6.07, 6.45) is 0.614. The van der Waals surface area contributed by atoms with Gasteiger partial charge in [0.15, 0.2) is 5.78 Å². The third-order valence-corrected chi connectivity index (χ3v) is 5.04. The number of carbonyl (C=O) groups is 2. The molecular formula is C21H23NO3. The van der Waals surface area contributed by atoms with Gasteiger partial charge in [-0.1, -0.05) is 60.2 Å². The average molecular weight is 337 g/mol. The Morgan fingerprint density at radius 2 is 1.76 bits per heavy atom. The van der Waals surface area contributed by atoms with Gasteiger partial charge in [-0.25, -0.2) is 0 Å². The topological polar surface area (TPSA) is 57.6 Å². The van der Waals surface area contributed by atoms with Crippen molar-refractivity contribution in [2.24, 2.45) is 5.41 Å². The molecule has 4 nitrogen and oxygen atoms in total. The predicted molar refractivity (Wildman–Crippen MR) is 96.3 cm³/mol. The van der Waals surface area contributed by atoms with Crippen molar-refractivity contribution in [3.63, 3.8) is 0 Å². The zero-order valence-corrected chi connectivity index (χ0v) is 14.4. The van der Waals surface area contributed by atoms with E-state index in [9.17, 15) is 14.7 Å². The van der Waals surface area contributed by atoms with Crippen LogP contribution < -0.4 is 0 Å². The normalized spacial score (nSPS) is 21.2. The van der Waals surface area contributed by atoms with Crippen LogP contribution in [0.25, 0.3) is 0 Å². The highest BCUT2D eigenvalue weighted by Crippen LogP contribution is 2.33. The fraction of sp³-hybridized carbons (Fsp3) is 0.333. The number of Topliss-reactive ketones (excluding diaryl/α,β-unsaturated/α-hetero) is 1. The fourth-order valence-electron chi connectivity index (χ4n) is 3.44. The number of hydrogen-bond acceptors (Lipinski definition) is 3. The summed E-state index contributed by atoms with van der Waals surface area (Å²) in [5.74, 6) is -1.19. The number of hydrogen-bond donors (Lipinski definition) is 1. The van der Waals surface area contributed by atoms with Crippen molar-refractivity contribution in [1.82, 2.24) is 4.90 Å². The molecule has 0 saturated carbocycles. The lowest BCUT2D eigenvalue weighted by Gasteiger charge is -2.37. The number of aryl methyl sites for hydroxylation is 1. The SMILES string of the molecule is Cc1ccc(CC2(C(=O)O)CCN(Cc3ccccc3)CC2=O)cc1. The molecule has 1 atom stereocenters. The molecule has 1 unspecified atom stereocenters. The lowest BCUT2D eigenvalue weighted by molar-refractivity contribution is -0.158. The number of aliphatic carboxylic acids is 1. The number of rotatable bonds is 5. The van der Waals surface area contributed by atoms with Gasteiger partial charge in [0, 0.05) is 13.1 Å². The Kier molecular flexibility index (Phi) is 5.00. The second-order valence-electron chi connectivity index (χ2n) is 6.92. The number of piperidine rings is 1. The van der Waals surface area contributed by atoms with Crippen molar-refractivity contribution >= 4 is 11.8 Å². The van der Waals surface area contributed by atoms with Gasteiger partial charge >= 0.3 is 5.97 Å². The summed E-state index contributed by atoms with van der Waals surface area (Å²) in [7, 11) is 0. The molecular weight excluding hydrogens is 314 g/mol. The minimum atomic E-state index is -1.30. The fourth-order valence-corrected chi connectivity index (χ4v) is 3.44. The van der Waals surface area contributed by atoms with Gasteiger partial charge < -0.3 is 5.11 Å². The summed E-state index contributed by atoms with van der Waals surface area (Å²) in [4.78, 5) is 26.8. The summed E-state index contributed by atoms with van der Waals surface area (Å²) in [6, 6.07) is 17.7. The Balaban J connectivity index is 1.74. The van der Waals surface area contributed by atoms with Crippen molar-refractivity contribution in [1.29, 1.82) is 0 Å². The van der Waals surface area contributed by atoms with E-state index in [2.05, 4.69) is 0 Å². The highest BCUT2D eigenvalue weighted by atomic mass is 16.4. The molecule has 1 aliphatic heterocycles. The van der Waals surface area contributed by atoms with Crippen molar-refractivity contribution in [3.8, 4) is 0 Å². The number of benzene rings is 2. The molecule has 3 rings (SSSR count). The van der Waals surface area contributed by atoms with Crippen LogP contribution in [-0.2, 0) is 22.6 Å². The molecule has 0 amide bonds. The summed E-state index contributed by atoms with van der Waals surface area (Å²) in [5.41, 5.74) is 1.86. The van der Waals surface area contributed by atoms with Gasteiger partial charge in [0.05, 0.1) is 6.54 Å². The summed E-state index contributed by atoms with van der Waals surface area (Å²) in [5, 5.41) is 9.81. The molecule has 1 N–H and O–H groups in total. The van der Waals surface area contributed by atoms with Crippen LogP contribution in [0.4, 0.5) is 0 Å². The number of carboxylic acids is 1. The second-order valence-corrected chi connectivity index (χ2v) is 6.92. The van der Waals surface area contributed by atoms with Gasteiger partial charge in [-0.2, -0.15) is 0 Å². The molecule has 0 bridgehead atoms. The smallest absolute Gasteiger partial charge is 0.317 e. The van der Waals surface area contributed by atoms with E-state index >= 15 is 0 Å². The molecule has 0 aromatic heterocycles. The van der Waals surface area contributed by atoms with Crippen LogP contribution >= 0.6 is 0 Å². The minimum Gasteiger partial charge on any atom is -0.480 e. The number of nitrogens with zero attached hydrogens (tertiary/aromatic N) is 1. The van der Waals surface area contributed by atoms with Gasteiger partial charge in [-0.3, -0.25) is 14.5 Å². The molecule has 1 saturated heterocycles. The summed E-state index contributed by atoms with van der Waals surface area (Å²) >= 11 is 0. The maximum absolute atomic E-state index is 12.8.